The van der Waals surface area contributed by atoms with Gasteiger partial charge in [0.25, 0.3) is 10.1 Å². The third kappa shape index (κ3) is 3.82. The number of aromatic nitrogens is 1. The number of hydrogen-bond acceptors (Lipinski definition) is 5. The Morgan fingerprint density at radius 2 is 2.14 bits per heavy atom. The summed E-state index contributed by atoms with van der Waals surface area (Å²) in [5.41, 5.74) is 0.251. The molecule has 9 heteroatoms. The maximum absolute atomic E-state index is 13.9. The van der Waals surface area contributed by atoms with Crippen LogP contribution in [0.1, 0.15) is 29.9 Å². The standard InChI is InChI=1S/C12H13FN2O5S/c13-11-10(8-1-2-9(16)15-12(8)17)7(3-5-14-11)4-6-21(18,19)20/h3,5,8H,1-2,4,6H2,(H,15,16,17)(H,18,19,20). The lowest BCUT2D eigenvalue weighted by Gasteiger charge is -2.23. The highest BCUT2D eigenvalue weighted by Crippen LogP contribution is 2.29. The van der Waals surface area contributed by atoms with Crippen molar-refractivity contribution >= 4 is 21.9 Å². The number of carbonyl (C=O) groups excluding carboxylic acids is 2. The normalized spacial score (nSPS) is 19.4. The summed E-state index contributed by atoms with van der Waals surface area (Å²) in [4.78, 5) is 26.4. The second kappa shape index (κ2) is 5.86. The zero-order valence-corrected chi connectivity index (χ0v) is 11.7. The molecule has 2 amide bonds. The van der Waals surface area contributed by atoms with E-state index in [2.05, 4.69) is 10.3 Å². The lowest BCUT2D eigenvalue weighted by molar-refractivity contribution is -0.134. The van der Waals surface area contributed by atoms with Gasteiger partial charge in [-0.15, -0.1) is 0 Å². The molecule has 0 spiro atoms. The molecule has 1 saturated heterocycles. The zero-order valence-electron chi connectivity index (χ0n) is 10.9. The van der Waals surface area contributed by atoms with E-state index in [-0.39, 0.29) is 30.4 Å². The van der Waals surface area contributed by atoms with Gasteiger partial charge in [0.15, 0.2) is 0 Å². The molecule has 2 heterocycles. The molecule has 114 valence electrons. The second-order valence-corrected chi connectivity index (χ2v) is 6.29. The smallest absolute Gasteiger partial charge is 0.265 e. The van der Waals surface area contributed by atoms with Gasteiger partial charge in [-0.25, -0.2) is 4.98 Å². The van der Waals surface area contributed by atoms with Crippen molar-refractivity contribution in [2.75, 3.05) is 5.75 Å². The molecule has 2 N–H and O–H groups in total. The Kier molecular flexibility index (Phi) is 4.33. The SMILES string of the molecule is O=C1CCC(c2c(CCS(=O)(=O)O)ccnc2F)C(=O)N1. The largest absolute Gasteiger partial charge is 0.296 e. The van der Waals surface area contributed by atoms with E-state index in [0.717, 1.165) is 6.20 Å². The van der Waals surface area contributed by atoms with Gasteiger partial charge in [0.1, 0.15) is 0 Å². The summed E-state index contributed by atoms with van der Waals surface area (Å²) in [6.07, 6.45) is 1.21. The van der Waals surface area contributed by atoms with Gasteiger partial charge >= 0.3 is 0 Å². The Balaban J connectivity index is 2.33. The number of amides is 2. The number of halogens is 1. The zero-order chi connectivity index (χ0) is 15.6. The highest BCUT2D eigenvalue weighted by molar-refractivity contribution is 7.85. The molecule has 0 aliphatic carbocycles. The van der Waals surface area contributed by atoms with Crippen molar-refractivity contribution in [3.8, 4) is 0 Å². The van der Waals surface area contributed by atoms with Crippen molar-refractivity contribution in [3.63, 3.8) is 0 Å². The van der Waals surface area contributed by atoms with Crippen LogP contribution in [0.3, 0.4) is 0 Å². The first-order valence-corrected chi connectivity index (χ1v) is 7.81. The van der Waals surface area contributed by atoms with Gasteiger partial charge in [0, 0.05) is 18.2 Å². The molecule has 1 aliphatic heterocycles. The predicted molar refractivity (Wildman–Crippen MR) is 69.4 cm³/mol. The number of aryl methyl sites for hydroxylation is 1. The Labute approximate surface area is 120 Å². The number of rotatable bonds is 4. The Bertz CT molecular complexity index is 689. The van der Waals surface area contributed by atoms with E-state index >= 15 is 0 Å². The molecular formula is C12H13FN2O5S. The fourth-order valence-electron chi connectivity index (χ4n) is 2.28. The molecule has 1 aromatic heterocycles. The maximum atomic E-state index is 13.9. The molecular weight excluding hydrogens is 303 g/mol. The minimum Gasteiger partial charge on any atom is -0.296 e. The fourth-order valence-corrected chi connectivity index (χ4v) is 2.76. The third-order valence-electron chi connectivity index (χ3n) is 3.25. The van der Waals surface area contributed by atoms with Crippen LogP contribution in [0.15, 0.2) is 12.3 Å². The summed E-state index contributed by atoms with van der Waals surface area (Å²) < 4.78 is 44.3. The summed E-state index contributed by atoms with van der Waals surface area (Å²) in [6, 6.07) is 1.40. The van der Waals surface area contributed by atoms with E-state index < -0.39 is 39.6 Å². The van der Waals surface area contributed by atoms with Crippen LogP contribution in [-0.2, 0) is 26.1 Å². The molecule has 0 saturated carbocycles. The number of piperidine rings is 1. The molecule has 1 unspecified atom stereocenters. The highest BCUT2D eigenvalue weighted by Gasteiger charge is 2.32. The van der Waals surface area contributed by atoms with Gasteiger partial charge in [0.05, 0.1) is 11.7 Å². The van der Waals surface area contributed by atoms with Gasteiger partial charge in [-0.1, -0.05) is 0 Å². The molecule has 0 aromatic carbocycles. The number of imide groups is 1. The number of nitrogens with one attached hydrogen (secondary N) is 1. The van der Waals surface area contributed by atoms with Crippen LogP contribution < -0.4 is 5.32 Å². The quantitative estimate of drug-likeness (QED) is 0.465. The van der Waals surface area contributed by atoms with Crippen LogP contribution in [-0.4, -0.2) is 35.5 Å². The summed E-state index contributed by atoms with van der Waals surface area (Å²) in [6.45, 7) is 0. The first-order chi connectivity index (χ1) is 9.78. The van der Waals surface area contributed by atoms with Crippen LogP contribution in [0.2, 0.25) is 0 Å². The van der Waals surface area contributed by atoms with Crippen LogP contribution >= 0.6 is 0 Å². The van der Waals surface area contributed by atoms with Gasteiger partial charge in [0.2, 0.25) is 17.8 Å². The van der Waals surface area contributed by atoms with Crippen molar-refractivity contribution in [2.45, 2.75) is 25.2 Å². The van der Waals surface area contributed by atoms with E-state index in [4.69, 9.17) is 4.55 Å². The van der Waals surface area contributed by atoms with Crippen molar-refractivity contribution in [2.24, 2.45) is 0 Å². The summed E-state index contributed by atoms with van der Waals surface area (Å²) in [7, 11) is -4.20. The van der Waals surface area contributed by atoms with Crippen LogP contribution in [0.5, 0.6) is 0 Å². The van der Waals surface area contributed by atoms with Gasteiger partial charge in [-0.05, 0) is 24.5 Å². The van der Waals surface area contributed by atoms with Crippen molar-refractivity contribution < 1.29 is 27.0 Å². The van der Waals surface area contributed by atoms with Crippen LogP contribution in [0, 0.1) is 5.95 Å². The molecule has 1 fully saturated rings. The van der Waals surface area contributed by atoms with Crippen molar-refractivity contribution in [1.82, 2.24) is 10.3 Å². The molecule has 0 bridgehead atoms. The fraction of sp³-hybridized carbons (Fsp3) is 0.417. The number of hydrogen-bond donors (Lipinski definition) is 2. The summed E-state index contributed by atoms with van der Waals surface area (Å²) >= 11 is 0. The average molecular weight is 316 g/mol. The van der Waals surface area contributed by atoms with Crippen LogP contribution in [0.4, 0.5) is 4.39 Å². The minimum atomic E-state index is -4.20. The molecule has 21 heavy (non-hydrogen) atoms. The Hall–Kier alpha value is -1.87. The lowest BCUT2D eigenvalue weighted by Crippen LogP contribution is -2.40. The molecule has 1 aromatic rings. The number of carbonyl (C=O) groups is 2. The molecule has 1 aliphatic rings. The maximum Gasteiger partial charge on any atom is 0.265 e. The number of nitrogens with zero attached hydrogens (tertiary/aromatic N) is 1. The van der Waals surface area contributed by atoms with Crippen molar-refractivity contribution in [3.05, 3.63) is 29.3 Å². The van der Waals surface area contributed by atoms with Gasteiger partial charge in [-0.3, -0.25) is 19.5 Å². The lowest BCUT2D eigenvalue weighted by atomic mass is 9.87. The summed E-state index contributed by atoms with van der Waals surface area (Å²) in [5.74, 6) is -3.42. The summed E-state index contributed by atoms with van der Waals surface area (Å²) in [5, 5.41) is 2.11. The van der Waals surface area contributed by atoms with Crippen molar-refractivity contribution in [1.29, 1.82) is 0 Å². The second-order valence-electron chi connectivity index (χ2n) is 4.71. The highest BCUT2D eigenvalue weighted by atomic mass is 32.2. The average Bonchev–Trinajstić information content (AvgIpc) is 2.37. The third-order valence-corrected chi connectivity index (χ3v) is 3.97. The van der Waals surface area contributed by atoms with Gasteiger partial charge < -0.3 is 0 Å². The minimum absolute atomic E-state index is 0.0221. The van der Waals surface area contributed by atoms with E-state index in [0.29, 0.717) is 0 Å². The predicted octanol–water partition coefficient (Wildman–Crippen LogP) is 0.171. The monoisotopic (exact) mass is 316 g/mol. The topological polar surface area (TPSA) is 113 Å². The van der Waals surface area contributed by atoms with E-state index in [1.807, 2.05) is 0 Å². The molecule has 1 atom stereocenters. The first kappa shape index (κ1) is 15.5. The van der Waals surface area contributed by atoms with Gasteiger partial charge in [-0.2, -0.15) is 12.8 Å². The van der Waals surface area contributed by atoms with E-state index in [1.165, 1.54) is 6.07 Å². The first-order valence-electron chi connectivity index (χ1n) is 6.20. The Morgan fingerprint density at radius 1 is 1.43 bits per heavy atom. The van der Waals surface area contributed by atoms with Crippen LogP contribution in [0.25, 0.3) is 0 Å². The van der Waals surface area contributed by atoms with E-state index in [9.17, 15) is 22.4 Å². The van der Waals surface area contributed by atoms with E-state index in [1.54, 1.807) is 0 Å². The molecule has 2 rings (SSSR count). The molecule has 7 nitrogen and oxygen atoms in total. The molecule has 0 radical (unpaired) electrons. The number of pyridine rings is 1. The Morgan fingerprint density at radius 3 is 2.76 bits per heavy atom.